The van der Waals surface area contributed by atoms with Gasteiger partial charge in [-0.2, -0.15) is 0 Å². The van der Waals surface area contributed by atoms with Crippen molar-refractivity contribution in [1.82, 2.24) is 4.90 Å². The summed E-state index contributed by atoms with van der Waals surface area (Å²) < 4.78 is 0.808. The average molecular weight is 316 g/mol. The van der Waals surface area contributed by atoms with E-state index in [-0.39, 0.29) is 5.91 Å². The first-order valence-corrected chi connectivity index (χ1v) is 7.24. The molecule has 0 heterocycles. The minimum absolute atomic E-state index is 0.232. The zero-order chi connectivity index (χ0) is 13.5. The molecule has 0 aromatic heterocycles. The summed E-state index contributed by atoms with van der Waals surface area (Å²) in [5.41, 5.74) is 5.35. The van der Waals surface area contributed by atoms with Crippen molar-refractivity contribution in [2.24, 2.45) is 10.7 Å². The molecule has 1 saturated carbocycles. The Morgan fingerprint density at radius 2 is 2.06 bits per heavy atom. The molecule has 4 nitrogen and oxygen atoms in total. The van der Waals surface area contributed by atoms with Gasteiger partial charge in [0, 0.05) is 31.9 Å². The van der Waals surface area contributed by atoms with E-state index in [4.69, 9.17) is 5.73 Å². The molecule has 2 N–H and O–H groups in total. The largest absolute Gasteiger partial charge is 0.404 e. The van der Waals surface area contributed by atoms with Gasteiger partial charge < -0.3 is 10.6 Å². The van der Waals surface area contributed by atoms with E-state index in [2.05, 4.69) is 20.9 Å². The number of aliphatic imine (C=N–C) groups is 1. The lowest BCUT2D eigenvalue weighted by molar-refractivity contribution is -0.132. The summed E-state index contributed by atoms with van der Waals surface area (Å²) in [7, 11) is 1.91. The number of hydrogen-bond donors (Lipinski definition) is 1. The Labute approximate surface area is 117 Å². The molecule has 0 aliphatic heterocycles. The Balaban J connectivity index is 2.41. The SMILES string of the molecule is CCC(=O)N(C)C1CCC(N=C/C(Br)=C\N)CC1. The van der Waals surface area contributed by atoms with Gasteiger partial charge >= 0.3 is 0 Å². The summed E-state index contributed by atoms with van der Waals surface area (Å²) in [4.78, 5) is 18.0. The van der Waals surface area contributed by atoms with Gasteiger partial charge in [0.15, 0.2) is 0 Å². The molecule has 1 aliphatic rings. The van der Waals surface area contributed by atoms with Crippen LogP contribution in [0.2, 0.25) is 0 Å². The van der Waals surface area contributed by atoms with Crippen molar-refractivity contribution in [1.29, 1.82) is 0 Å². The maximum atomic E-state index is 11.6. The molecule has 0 bridgehead atoms. The van der Waals surface area contributed by atoms with Crippen LogP contribution in [0.1, 0.15) is 39.0 Å². The van der Waals surface area contributed by atoms with Gasteiger partial charge in [-0.3, -0.25) is 9.79 Å². The van der Waals surface area contributed by atoms with E-state index in [0.717, 1.165) is 30.2 Å². The molecule has 0 saturated heterocycles. The summed E-state index contributed by atoms with van der Waals surface area (Å²) in [6.45, 7) is 1.91. The molecule has 18 heavy (non-hydrogen) atoms. The molecule has 0 unspecified atom stereocenters. The first-order valence-electron chi connectivity index (χ1n) is 6.44. The average Bonchev–Trinajstić information content (AvgIpc) is 2.43. The standard InChI is InChI=1S/C13H22BrN3O/c1-3-13(18)17(2)12-6-4-11(5-7-12)16-9-10(14)8-15/h8-9,11-12H,3-7,15H2,1-2H3/b10-8+,16-9?. The van der Waals surface area contributed by atoms with E-state index in [9.17, 15) is 4.79 Å². The molecule has 0 aromatic carbocycles. The molecular weight excluding hydrogens is 294 g/mol. The molecule has 1 rings (SSSR count). The smallest absolute Gasteiger partial charge is 0.222 e. The zero-order valence-corrected chi connectivity index (χ0v) is 12.7. The van der Waals surface area contributed by atoms with Gasteiger partial charge in [-0.1, -0.05) is 6.92 Å². The Morgan fingerprint density at radius 3 is 2.56 bits per heavy atom. The molecule has 1 fully saturated rings. The van der Waals surface area contributed by atoms with Gasteiger partial charge in [0.25, 0.3) is 0 Å². The predicted molar refractivity (Wildman–Crippen MR) is 78.8 cm³/mol. The number of carbonyl (C=O) groups excluding carboxylic acids is 1. The van der Waals surface area contributed by atoms with Gasteiger partial charge in [-0.15, -0.1) is 0 Å². The highest BCUT2D eigenvalue weighted by Gasteiger charge is 2.25. The Morgan fingerprint density at radius 1 is 1.44 bits per heavy atom. The molecule has 0 radical (unpaired) electrons. The first kappa shape index (κ1) is 15.2. The molecule has 0 atom stereocenters. The van der Waals surface area contributed by atoms with E-state index >= 15 is 0 Å². The Kier molecular flexibility index (Phi) is 6.39. The van der Waals surface area contributed by atoms with Crippen LogP contribution in [0, 0.1) is 0 Å². The summed E-state index contributed by atoms with van der Waals surface area (Å²) in [6, 6.07) is 0.747. The van der Waals surface area contributed by atoms with E-state index in [1.165, 1.54) is 6.20 Å². The van der Waals surface area contributed by atoms with E-state index in [0.29, 0.717) is 18.5 Å². The third kappa shape index (κ3) is 4.44. The third-order valence-electron chi connectivity index (χ3n) is 3.48. The van der Waals surface area contributed by atoms with Crippen LogP contribution in [0.3, 0.4) is 0 Å². The molecule has 0 spiro atoms. The lowest BCUT2D eigenvalue weighted by Crippen LogP contribution is -2.39. The van der Waals surface area contributed by atoms with Crippen molar-refractivity contribution >= 4 is 28.1 Å². The highest BCUT2D eigenvalue weighted by Crippen LogP contribution is 2.25. The maximum Gasteiger partial charge on any atom is 0.222 e. The monoisotopic (exact) mass is 315 g/mol. The van der Waals surface area contributed by atoms with Gasteiger partial charge in [0.2, 0.25) is 5.91 Å². The lowest BCUT2D eigenvalue weighted by Gasteiger charge is -2.33. The van der Waals surface area contributed by atoms with Gasteiger partial charge in [0.1, 0.15) is 0 Å². The van der Waals surface area contributed by atoms with E-state index in [1.54, 1.807) is 6.21 Å². The van der Waals surface area contributed by atoms with Crippen molar-refractivity contribution in [3.63, 3.8) is 0 Å². The summed E-state index contributed by atoms with van der Waals surface area (Å²) in [6.07, 6.45) is 7.99. The molecular formula is C13H22BrN3O. The van der Waals surface area contributed by atoms with E-state index in [1.807, 2.05) is 18.9 Å². The van der Waals surface area contributed by atoms with Crippen LogP contribution in [0.25, 0.3) is 0 Å². The van der Waals surface area contributed by atoms with Crippen molar-refractivity contribution in [3.8, 4) is 0 Å². The summed E-state index contributed by atoms with van der Waals surface area (Å²) in [5, 5.41) is 0. The van der Waals surface area contributed by atoms with Crippen LogP contribution < -0.4 is 5.73 Å². The summed E-state index contributed by atoms with van der Waals surface area (Å²) in [5.74, 6) is 0.232. The van der Waals surface area contributed by atoms with Crippen LogP contribution in [-0.4, -0.2) is 36.2 Å². The number of amides is 1. The predicted octanol–water partition coefficient (Wildman–Crippen LogP) is 2.43. The Hall–Kier alpha value is -0.840. The van der Waals surface area contributed by atoms with Crippen molar-refractivity contribution in [3.05, 3.63) is 10.7 Å². The number of rotatable bonds is 4. The minimum Gasteiger partial charge on any atom is -0.404 e. The maximum absolute atomic E-state index is 11.6. The topological polar surface area (TPSA) is 58.7 Å². The number of hydrogen-bond acceptors (Lipinski definition) is 3. The van der Waals surface area contributed by atoms with Gasteiger partial charge in [0.05, 0.1) is 10.5 Å². The number of nitrogens with two attached hydrogens (primary N) is 1. The highest BCUT2D eigenvalue weighted by atomic mass is 79.9. The number of halogens is 1. The first-order chi connectivity index (χ1) is 8.58. The number of allylic oxidation sites excluding steroid dienone is 1. The molecule has 102 valence electrons. The van der Waals surface area contributed by atoms with Gasteiger partial charge in [-0.05, 0) is 41.6 Å². The van der Waals surface area contributed by atoms with Crippen LogP contribution in [-0.2, 0) is 4.79 Å². The van der Waals surface area contributed by atoms with Crippen molar-refractivity contribution < 1.29 is 4.79 Å². The quantitative estimate of drug-likeness (QED) is 0.810. The molecule has 0 aromatic rings. The summed E-state index contributed by atoms with van der Waals surface area (Å²) >= 11 is 3.30. The fourth-order valence-electron chi connectivity index (χ4n) is 2.27. The van der Waals surface area contributed by atoms with Crippen LogP contribution in [0.5, 0.6) is 0 Å². The fourth-order valence-corrected chi connectivity index (χ4v) is 2.39. The molecule has 1 amide bonds. The van der Waals surface area contributed by atoms with Crippen LogP contribution >= 0.6 is 15.9 Å². The van der Waals surface area contributed by atoms with Crippen molar-refractivity contribution in [2.45, 2.75) is 51.1 Å². The van der Waals surface area contributed by atoms with Crippen LogP contribution in [0.15, 0.2) is 15.7 Å². The zero-order valence-electron chi connectivity index (χ0n) is 11.1. The normalized spacial score (nSPS) is 25.4. The lowest BCUT2D eigenvalue weighted by atomic mass is 9.90. The highest BCUT2D eigenvalue weighted by molar-refractivity contribution is 9.12. The van der Waals surface area contributed by atoms with Crippen molar-refractivity contribution in [2.75, 3.05) is 7.05 Å². The number of carbonyl (C=O) groups is 1. The van der Waals surface area contributed by atoms with Crippen LogP contribution in [0.4, 0.5) is 0 Å². The second-order valence-electron chi connectivity index (χ2n) is 4.65. The Bertz CT molecular complexity index is 333. The van der Waals surface area contributed by atoms with Gasteiger partial charge in [-0.25, -0.2) is 0 Å². The molecule has 5 heteroatoms. The second-order valence-corrected chi connectivity index (χ2v) is 5.57. The third-order valence-corrected chi connectivity index (χ3v) is 3.95. The number of nitrogens with zero attached hydrogens (tertiary/aromatic N) is 2. The molecule has 1 aliphatic carbocycles. The minimum atomic E-state index is 0.232. The fraction of sp³-hybridized carbons (Fsp3) is 0.692. The van der Waals surface area contributed by atoms with E-state index < -0.39 is 0 Å². The second kappa shape index (κ2) is 7.56.